The number of carbonyl (C=O) groups is 1. The Morgan fingerprint density at radius 1 is 1.17 bits per heavy atom. The lowest BCUT2D eigenvalue weighted by Crippen LogP contribution is -2.57. The first-order chi connectivity index (χ1) is 8.24. The Morgan fingerprint density at radius 2 is 1.67 bits per heavy atom. The van der Waals surface area contributed by atoms with E-state index < -0.39 is 0 Å². The van der Waals surface area contributed by atoms with Crippen LogP contribution in [0.1, 0.15) is 54.4 Å². The molecular formula is C14H31N3O. The van der Waals surface area contributed by atoms with Crippen LogP contribution in [0.3, 0.4) is 0 Å². The van der Waals surface area contributed by atoms with Crippen molar-refractivity contribution < 1.29 is 4.79 Å². The van der Waals surface area contributed by atoms with Crippen molar-refractivity contribution in [3.8, 4) is 0 Å². The highest BCUT2D eigenvalue weighted by atomic mass is 16.2. The van der Waals surface area contributed by atoms with E-state index in [9.17, 15) is 4.79 Å². The summed E-state index contributed by atoms with van der Waals surface area (Å²) < 4.78 is 0. The summed E-state index contributed by atoms with van der Waals surface area (Å²) in [4.78, 5) is 14.2. The number of hydrogen-bond donors (Lipinski definition) is 2. The number of nitrogens with one attached hydrogen (secondary N) is 1. The lowest BCUT2D eigenvalue weighted by atomic mass is 9.90. The predicted molar refractivity (Wildman–Crippen MR) is 77.5 cm³/mol. The molecule has 0 aromatic rings. The molecule has 0 rings (SSSR count). The fraction of sp³-hybridized carbons (Fsp3) is 0.929. The van der Waals surface area contributed by atoms with Gasteiger partial charge in [0.05, 0.1) is 6.54 Å². The van der Waals surface area contributed by atoms with E-state index in [4.69, 9.17) is 5.73 Å². The van der Waals surface area contributed by atoms with Gasteiger partial charge in [-0.3, -0.25) is 9.69 Å². The molecule has 108 valence electrons. The molecule has 18 heavy (non-hydrogen) atoms. The molecule has 0 radical (unpaired) electrons. The van der Waals surface area contributed by atoms with E-state index in [2.05, 4.69) is 31.0 Å². The number of likely N-dealkylation sites (N-methyl/N-ethyl adjacent to an activating group) is 1. The summed E-state index contributed by atoms with van der Waals surface area (Å²) in [5, 5.41) is 3.01. The summed E-state index contributed by atoms with van der Waals surface area (Å²) in [6, 6.07) is 0. The molecule has 0 aliphatic carbocycles. The Bertz CT molecular complexity index is 246. The fourth-order valence-corrected chi connectivity index (χ4v) is 2.36. The first-order valence-electron chi connectivity index (χ1n) is 7.00. The maximum Gasteiger partial charge on any atom is 0.234 e. The van der Waals surface area contributed by atoms with Crippen LogP contribution in [0.25, 0.3) is 0 Å². The second kappa shape index (κ2) is 7.10. The Labute approximate surface area is 112 Å². The van der Waals surface area contributed by atoms with Crippen molar-refractivity contribution in [2.45, 2.75) is 65.5 Å². The lowest BCUT2D eigenvalue weighted by Gasteiger charge is -2.42. The molecular weight excluding hydrogens is 226 g/mol. The SMILES string of the molecule is CCN(CC(=O)NC(C)(C)C)C(CC)(CC)CN. The van der Waals surface area contributed by atoms with Crippen molar-refractivity contribution in [3.63, 3.8) is 0 Å². The second-order valence-corrected chi connectivity index (χ2v) is 5.95. The van der Waals surface area contributed by atoms with Crippen molar-refractivity contribution >= 4 is 5.91 Å². The molecule has 4 heteroatoms. The molecule has 0 unspecified atom stereocenters. The van der Waals surface area contributed by atoms with Gasteiger partial charge in [0.2, 0.25) is 5.91 Å². The smallest absolute Gasteiger partial charge is 0.234 e. The highest BCUT2D eigenvalue weighted by Gasteiger charge is 2.32. The van der Waals surface area contributed by atoms with Gasteiger partial charge in [-0.1, -0.05) is 20.8 Å². The molecule has 0 aromatic carbocycles. The van der Waals surface area contributed by atoms with E-state index in [1.807, 2.05) is 20.8 Å². The summed E-state index contributed by atoms with van der Waals surface area (Å²) in [6.45, 7) is 14.2. The highest BCUT2D eigenvalue weighted by molar-refractivity contribution is 5.78. The number of amides is 1. The third-order valence-corrected chi connectivity index (χ3v) is 3.60. The highest BCUT2D eigenvalue weighted by Crippen LogP contribution is 2.22. The minimum Gasteiger partial charge on any atom is -0.350 e. The molecule has 0 heterocycles. The first kappa shape index (κ1) is 17.4. The largest absolute Gasteiger partial charge is 0.350 e. The van der Waals surface area contributed by atoms with Crippen LogP contribution in [-0.2, 0) is 4.79 Å². The first-order valence-corrected chi connectivity index (χ1v) is 7.00. The van der Waals surface area contributed by atoms with Crippen molar-refractivity contribution in [2.75, 3.05) is 19.6 Å². The summed E-state index contributed by atoms with van der Waals surface area (Å²) in [5.41, 5.74) is 5.70. The predicted octanol–water partition coefficient (Wildman–Crippen LogP) is 1.74. The summed E-state index contributed by atoms with van der Waals surface area (Å²) in [5.74, 6) is 0.0732. The van der Waals surface area contributed by atoms with E-state index >= 15 is 0 Å². The third-order valence-electron chi connectivity index (χ3n) is 3.60. The molecule has 0 saturated carbocycles. The Morgan fingerprint density at radius 3 is 1.94 bits per heavy atom. The van der Waals surface area contributed by atoms with Gasteiger partial charge in [0, 0.05) is 17.6 Å². The third kappa shape index (κ3) is 4.94. The molecule has 3 N–H and O–H groups in total. The Hall–Kier alpha value is -0.610. The topological polar surface area (TPSA) is 58.4 Å². The zero-order valence-electron chi connectivity index (χ0n) is 13.0. The number of carbonyl (C=O) groups excluding carboxylic acids is 1. The zero-order chi connectivity index (χ0) is 14.4. The van der Waals surface area contributed by atoms with Crippen molar-refractivity contribution in [2.24, 2.45) is 5.73 Å². The van der Waals surface area contributed by atoms with Crippen LogP contribution >= 0.6 is 0 Å². The molecule has 0 aliphatic heterocycles. The fourth-order valence-electron chi connectivity index (χ4n) is 2.36. The zero-order valence-corrected chi connectivity index (χ0v) is 13.0. The minimum atomic E-state index is -0.180. The number of nitrogens with two attached hydrogens (primary N) is 1. The lowest BCUT2D eigenvalue weighted by molar-refractivity contribution is -0.125. The summed E-state index contributed by atoms with van der Waals surface area (Å²) in [6.07, 6.45) is 1.94. The monoisotopic (exact) mass is 257 g/mol. The Kier molecular flexibility index (Phi) is 6.86. The maximum absolute atomic E-state index is 12.0. The van der Waals surface area contributed by atoms with Crippen LogP contribution in [0.5, 0.6) is 0 Å². The molecule has 0 atom stereocenters. The average molecular weight is 257 g/mol. The van der Waals surface area contributed by atoms with E-state index in [0.717, 1.165) is 19.4 Å². The van der Waals surface area contributed by atoms with E-state index in [1.165, 1.54) is 0 Å². The van der Waals surface area contributed by atoms with E-state index in [-0.39, 0.29) is 17.0 Å². The van der Waals surface area contributed by atoms with Gasteiger partial charge in [-0.05, 0) is 40.2 Å². The molecule has 0 aliphatic rings. The molecule has 4 nitrogen and oxygen atoms in total. The molecule has 1 amide bonds. The maximum atomic E-state index is 12.0. The van der Waals surface area contributed by atoms with E-state index in [1.54, 1.807) is 0 Å². The average Bonchev–Trinajstić information content (AvgIpc) is 2.28. The van der Waals surface area contributed by atoms with Crippen LogP contribution < -0.4 is 11.1 Å². The van der Waals surface area contributed by atoms with Crippen LogP contribution in [0.15, 0.2) is 0 Å². The van der Waals surface area contributed by atoms with E-state index in [0.29, 0.717) is 13.1 Å². The molecule has 0 aromatic heterocycles. The number of hydrogen-bond acceptors (Lipinski definition) is 3. The van der Waals surface area contributed by atoms with Gasteiger partial charge in [-0.2, -0.15) is 0 Å². The molecule has 0 saturated heterocycles. The van der Waals surface area contributed by atoms with Gasteiger partial charge in [0.1, 0.15) is 0 Å². The van der Waals surface area contributed by atoms with Gasteiger partial charge in [-0.25, -0.2) is 0 Å². The van der Waals surface area contributed by atoms with Crippen molar-refractivity contribution in [1.29, 1.82) is 0 Å². The van der Waals surface area contributed by atoms with Gasteiger partial charge >= 0.3 is 0 Å². The van der Waals surface area contributed by atoms with Gasteiger partial charge in [-0.15, -0.1) is 0 Å². The second-order valence-electron chi connectivity index (χ2n) is 5.95. The van der Waals surface area contributed by atoms with Gasteiger partial charge < -0.3 is 11.1 Å². The van der Waals surface area contributed by atoms with Crippen LogP contribution in [0.2, 0.25) is 0 Å². The summed E-state index contributed by atoms with van der Waals surface area (Å²) in [7, 11) is 0. The number of nitrogens with zero attached hydrogens (tertiary/aromatic N) is 1. The normalized spacial score (nSPS) is 12.9. The Balaban J connectivity index is 4.73. The van der Waals surface area contributed by atoms with Crippen LogP contribution in [0, 0.1) is 0 Å². The molecule has 0 bridgehead atoms. The standard InChI is InChI=1S/C14H31N3O/c1-7-14(8-2,11-15)17(9-3)10-12(18)16-13(4,5)6/h7-11,15H2,1-6H3,(H,16,18). The molecule has 0 fully saturated rings. The van der Waals surface area contributed by atoms with Gasteiger partial charge in [0.15, 0.2) is 0 Å². The van der Waals surface area contributed by atoms with Gasteiger partial charge in [0.25, 0.3) is 0 Å². The van der Waals surface area contributed by atoms with Crippen molar-refractivity contribution in [1.82, 2.24) is 10.2 Å². The minimum absolute atomic E-state index is 0.0516. The summed E-state index contributed by atoms with van der Waals surface area (Å²) >= 11 is 0. The van der Waals surface area contributed by atoms with Crippen LogP contribution in [0.4, 0.5) is 0 Å². The number of rotatable bonds is 7. The quantitative estimate of drug-likeness (QED) is 0.730. The molecule has 0 spiro atoms. The van der Waals surface area contributed by atoms with Crippen molar-refractivity contribution in [3.05, 3.63) is 0 Å². The van der Waals surface area contributed by atoms with Crippen LogP contribution in [-0.4, -0.2) is 41.5 Å².